The van der Waals surface area contributed by atoms with Crippen LogP contribution < -0.4 is 11.1 Å². The molecule has 134 valence electrons. The third-order valence-electron chi connectivity index (χ3n) is 4.46. The van der Waals surface area contributed by atoms with E-state index in [1.54, 1.807) is 0 Å². The summed E-state index contributed by atoms with van der Waals surface area (Å²) in [4.78, 5) is 4.30. The SMILES string of the molecule is I.NC(=NCC1(c2c(F)cccc2F)CC1)NCCc1ccccc1. The van der Waals surface area contributed by atoms with Crippen molar-refractivity contribution in [1.82, 2.24) is 5.32 Å². The Morgan fingerprint density at radius 3 is 2.28 bits per heavy atom. The van der Waals surface area contributed by atoms with Crippen LogP contribution in [0.25, 0.3) is 0 Å². The van der Waals surface area contributed by atoms with Gasteiger partial charge in [0, 0.05) is 17.5 Å². The molecule has 0 radical (unpaired) electrons. The summed E-state index contributed by atoms with van der Waals surface area (Å²) in [6.07, 6.45) is 2.29. The van der Waals surface area contributed by atoms with Crippen LogP contribution in [0.5, 0.6) is 0 Å². The summed E-state index contributed by atoms with van der Waals surface area (Å²) in [7, 11) is 0. The first kappa shape index (κ1) is 19.6. The lowest BCUT2D eigenvalue weighted by Gasteiger charge is -2.15. The Morgan fingerprint density at radius 1 is 1.04 bits per heavy atom. The van der Waals surface area contributed by atoms with E-state index < -0.39 is 17.0 Å². The van der Waals surface area contributed by atoms with Crippen LogP contribution in [0.4, 0.5) is 8.78 Å². The molecule has 0 spiro atoms. The second-order valence-corrected chi connectivity index (χ2v) is 6.24. The number of guanidine groups is 1. The van der Waals surface area contributed by atoms with Crippen molar-refractivity contribution in [2.24, 2.45) is 10.7 Å². The number of nitrogens with two attached hydrogens (primary N) is 1. The Balaban J connectivity index is 0.00000225. The second kappa shape index (κ2) is 8.60. The molecule has 25 heavy (non-hydrogen) atoms. The van der Waals surface area contributed by atoms with Crippen molar-refractivity contribution in [1.29, 1.82) is 0 Å². The van der Waals surface area contributed by atoms with Gasteiger partial charge in [-0.05, 0) is 37.0 Å². The van der Waals surface area contributed by atoms with Crippen LogP contribution >= 0.6 is 24.0 Å². The molecule has 0 aromatic heterocycles. The molecule has 0 unspecified atom stereocenters. The predicted molar refractivity (Wildman–Crippen MR) is 107 cm³/mol. The molecule has 0 saturated heterocycles. The number of benzene rings is 2. The van der Waals surface area contributed by atoms with Gasteiger partial charge in [-0.1, -0.05) is 36.4 Å². The van der Waals surface area contributed by atoms with Crippen molar-refractivity contribution in [3.05, 3.63) is 71.3 Å². The van der Waals surface area contributed by atoms with Crippen molar-refractivity contribution in [2.75, 3.05) is 13.1 Å². The predicted octanol–water partition coefficient (Wildman–Crippen LogP) is 3.76. The third kappa shape index (κ3) is 4.90. The average molecular weight is 457 g/mol. The highest BCUT2D eigenvalue weighted by molar-refractivity contribution is 14.0. The molecule has 2 aromatic carbocycles. The van der Waals surface area contributed by atoms with E-state index >= 15 is 0 Å². The van der Waals surface area contributed by atoms with Crippen LogP contribution in [0, 0.1) is 11.6 Å². The van der Waals surface area contributed by atoms with Gasteiger partial charge in [0.05, 0.1) is 6.54 Å². The van der Waals surface area contributed by atoms with Gasteiger partial charge in [-0.15, -0.1) is 24.0 Å². The summed E-state index contributed by atoms with van der Waals surface area (Å²) < 4.78 is 27.9. The van der Waals surface area contributed by atoms with Crippen LogP contribution in [-0.4, -0.2) is 19.0 Å². The molecule has 0 aliphatic heterocycles. The van der Waals surface area contributed by atoms with Gasteiger partial charge in [0.25, 0.3) is 0 Å². The molecule has 3 rings (SSSR count). The summed E-state index contributed by atoms with van der Waals surface area (Å²) >= 11 is 0. The Bertz CT molecular complexity index is 710. The summed E-state index contributed by atoms with van der Waals surface area (Å²) in [6.45, 7) is 0.968. The van der Waals surface area contributed by atoms with Gasteiger partial charge in [0.15, 0.2) is 5.96 Å². The first-order chi connectivity index (χ1) is 11.6. The van der Waals surface area contributed by atoms with E-state index in [1.807, 2.05) is 18.2 Å². The van der Waals surface area contributed by atoms with Gasteiger partial charge in [-0.3, -0.25) is 4.99 Å². The molecule has 1 fully saturated rings. The molecule has 3 N–H and O–H groups in total. The lowest BCUT2D eigenvalue weighted by atomic mass is 9.95. The maximum absolute atomic E-state index is 14.0. The molecule has 0 heterocycles. The second-order valence-electron chi connectivity index (χ2n) is 6.24. The van der Waals surface area contributed by atoms with Gasteiger partial charge < -0.3 is 11.1 Å². The molecule has 1 saturated carbocycles. The van der Waals surface area contributed by atoms with Crippen LogP contribution in [0.15, 0.2) is 53.5 Å². The van der Waals surface area contributed by atoms with Crippen molar-refractivity contribution in [2.45, 2.75) is 24.7 Å². The van der Waals surface area contributed by atoms with E-state index in [0.717, 1.165) is 19.3 Å². The van der Waals surface area contributed by atoms with E-state index in [0.29, 0.717) is 19.0 Å². The zero-order chi connectivity index (χ0) is 17.0. The maximum atomic E-state index is 14.0. The van der Waals surface area contributed by atoms with E-state index in [1.165, 1.54) is 23.8 Å². The first-order valence-corrected chi connectivity index (χ1v) is 8.13. The van der Waals surface area contributed by atoms with Crippen molar-refractivity contribution < 1.29 is 8.78 Å². The molecule has 6 heteroatoms. The molecular formula is C19H22F2IN3. The number of rotatable bonds is 6. The maximum Gasteiger partial charge on any atom is 0.188 e. The highest BCUT2D eigenvalue weighted by Gasteiger charge is 2.47. The van der Waals surface area contributed by atoms with Gasteiger partial charge in [0.1, 0.15) is 11.6 Å². The molecule has 2 aromatic rings. The standard InChI is InChI=1S/C19H21F2N3.HI/c20-15-7-4-8-16(21)17(15)19(10-11-19)13-24-18(22)23-12-9-14-5-2-1-3-6-14;/h1-8H,9-13H2,(H3,22,23,24);1H. The Kier molecular flexibility index (Phi) is 6.75. The minimum Gasteiger partial charge on any atom is -0.370 e. The summed E-state index contributed by atoms with van der Waals surface area (Å²) in [5.41, 5.74) is 6.70. The summed E-state index contributed by atoms with van der Waals surface area (Å²) in [5.74, 6) is -0.689. The molecule has 1 aliphatic rings. The van der Waals surface area contributed by atoms with E-state index in [4.69, 9.17) is 5.73 Å². The fraction of sp³-hybridized carbons (Fsp3) is 0.316. The fourth-order valence-electron chi connectivity index (χ4n) is 2.91. The van der Waals surface area contributed by atoms with Crippen molar-refractivity contribution in [3.8, 4) is 0 Å². The highest BCUT2D eigenvalue weighted by atomic mass is 127. The molecule has 0 bridgehead atoms. The largest absolute Gasteiger partial charge is 0.370 e. The van der Waals surface area contributed by atoms with Gasteiger partial charge >= 0.3 is 0 Å². The molecule has 1 aliphatic carbocycles. The lowest BCUT2D eigenvalue weighted by molar-refractivity contribution is 0.517. The number of halogens is 3. The Labute approximate surface area is 163 Å². The Hall–Kier alpha value is -1.70. The van der Waals surface area contributed by atoms with Crippen molar-refractivity contribution >= 4 is 29.9 Å². The normalized spacial score (nSPS) is 15.4. The monoisotopic (exact) mass is 457 g/mol. The summed E-state index contributed by atoms with van der Waals surface area (Å²) in [6, 6.07) is 14.0. The van der Waals surface area contributed by atoms with Crippen LogP contribution in [0.2, 0.25) is 0 Å². The molecule has 0 atom stereocenters. The van der Waals surface area contributed by atoms with E-state index in [9.17, 15) is 8.78 Å². The van der Waals surface area contributed by atoms with E-state index in [2.05, 4.69) is 22.4 Å². The smallest absolute Gasteiger partial charge is 0.188 e. The van der Waals surface area contributed by atoms with Crippen LogP contribution in [0.1, 0.15) is 24.0 Å². The zero-order valence-electron chi connectivity index (χ0n) is 13.8. The van der Waals surface area contributed by atoms with Gasteiger partial charge in [-0.25, -0.2) is 8.78 Å². The molecule has 0 amide bonds. The minimum absolute atomic E-state index is 0. The van der Waals surface area contributed by atoms with Crippen LogP contribution in [-0.2, 0) is 11.8 Å². The number of hydrogen-bond acceptors (Lipinski definition) is 1. The first-order valence-electron chi connectivity index (χ1n) is 8.13. The topological polar surface area (TPSA) is 50.4 Å². The highest BCUT2D eigenvalue weighted by Crippen LogP contribution is 2.50. The average Bonchev–Trinajstić information content (AvgIpc) is 3.35. The number of nitrogens with one attached hydrogen (secondary N) is 1. The number of aliphatic imine (C=N–C) groups is 1. The third-order valence-corrected chi connectivity index (χ3v) is 4.46. The number of hydrogen-bond donors (Lipinski definition) is 2. The number of nitrogens with zero attached hydrogens (tertiary/aromatic N) is 1. The molecule has 3 nitrogen and oxygen atoms in total. The lowest BCUT2D eigenvalue weighted by Crippen LogP contribution is -2.34. The zero-order valence-corrected chi connectivity index (χ0v) is 16.2. The Morgan fingerprint density at radius 2 is 1.68 bits per heavy atom. The van der Waals surface area contributed by atoms with Gasteiger partial charge in [-0.2, -0.15) is 0 Å². The van der Waals surface area contributed by atoms with Gasteiger partial charge in [0.2, 0.25) is 0 Å². The fourth-order valence-corrected chi connectivity index (χ4v) is 2.91. The molecular weight excluding hydrogens is 435 g/mol. The quantitative estimate of drug-likeness (QED) is 0.395. The minimum atomic E-state index is -0.541. The summed E-state index contributed by atoms with van der Waals surface area (Å²) in [5, 5.41) is 3.05. The van der Waals surface area contributed by atoms with E-state index in [-0.39, 0.29) is 29.5 Å². The van der Waals surface area contributed by atoms with Crippen LogP contribution in [0.3, 0.4) is 0 Å². The van der Waals surface area contributed by atoms with Crippen molar-refractivity contribution in [3.63, 3.8) is 0 Å².